The zero-order valence-corrected chi connectivity index (χ0v) is 15.8. The standard InChI is InChI=1S/C20H29N3O3/c1-15(2)7-12-22-13-20(9-6-17(22)25)8-4-11-23(14-20)19(26)18-16(24)5-3-10-21-18/h3,5,10,15,24H,4,6-9,11-14H2,1-2H3/t20-/m1/s1. The molecule has 0 radical (unpaired) electrons. The molecule has 6 nitrogen and oxygen atoms in total. The number of carbonyl (C=O) groups excluding carboxylic acids is 2. The van der Waals surface area contributed by atoms with Gasteiger partial charge in [-0.3, -0.25) is 9.59 Å². The van der Waals surface area contributed by atoms with Crippen LogP contribution in [0.2, 0.25) is 0 Å². The van der Waals surface area contributed by atoms with E-state index in [4.69, 9.17) is 0 Å². The summed E-state index contributed by atoms with van der Waals surface area (Å²) in [6, 6.07) is 3.11. The first-order valence-electron chi connectivity index (χ1n) is 9.61. The van der Waals surface area contributed by atoms with Gasteiger partial charge < -0.3 is 14.9 Å². The Labute approximate surface area is 155 Å². The van der Waals surface area contributed by atoms with E-state index in [9.17, 15) is 14.7 Å². The van der Waals surface area contributed by atoms with Crippen molar-refractivity contribution in [1.29, 1.82) is 0 Å². The summed E-state index contributed by atoms with van der Waals surface area (Å²) in [7, 11) is 0. The van der Waals surface area contributed by atoms with Gasteiger partial charge in [0.15, 0.2) is 5.69 Å². The van der Waals surface area contributed by atoms with E-state index in [2.05, 4.69) is 18.8 Å². The van der Waals surface area contributed by atoms with Gasteiger partial charge in [0.25, 0.3) is 5.91 Å². The average Bonchev–Trinajstić information content (AvgIpc) is 2.63. The Bertz CT molecular complexity index is 676. The Balaban J connectivity index is 1.71. The van der Waals surface area contributed by atoms with Crippen molar-refractivity contribution in [3.63, 3.8) is 0 Å². The minimum absolute atomic E-state index is 0.0246. The lowest BCUT2D eigenvalue weighted by molar-refractivity contribution is -0.139. The summed E-state index contributed by atoms with van der Waals surface area (Å²) in [6.07, 6.45) is 5.89. The molecule has 0 saturated carbocycles. The molecule has 0 aromatic carbocycles. The molecule has 1 aromatic heterocycles. The number of aromatic hydroxyl groups is 1. The second-order valence-corrected chi connectivity index (χ2v) is 8.20. The Morgan fingerprint density at radius 2 is 2.15 bits per heavy atom. The number of piperidine rings is 2. The molecule has 2 amide bonds. The Morgan fingerprint density at radius 3 is 2.88 bits per heavy atom. The van der Waals surface area contributed by atoms with E-state index in [1.807, 2.05) is 9.80 Å². The van der Waals surface area contributed by atoms with E-state index in [1.54, 1.807) is 6.07 Å². The maximum absolute atomic E-state index is 12.8. The topological polar surface area (TPSA) is 73.7 Å². The number of pyridine rings is 1. The first-order valence-corrected chi connectivity index (χ1v) is 9.61. The van der Waals surface area contributed by atoms with Gasteiger partial charge in [0.1, 0.15) is 5.75 Å². The summed E-state index contributed by atoms with van der Waals surface area (Å²) in [5.74, 6) is 0.515. The van der Waals surface area contributed by atoms with Gasteiger partial charge in [-0.1, -0.05) is 13.8 Å². The molecule has 1 spiro atoms. The number of rotatable bonds is 4. The van der Waals surface area contributed by atoms with Crippen LogP contribution in [0.4, 0.5) is 0 Å². The predicted molar refractivity (Wildman–Crippen MR) is 98.7 cm³/mol. The molecule has 6 heteroatoms. The molecule has 0 aliphatic carbocycles. The Morgan fingerprint density at radius 1 is 1.35 bits per heavy atom. The molecule has 1 N–H and O–H groups in total. The average molecular weight is 359 g/mol. The van der Waals surface area contributed by atoms with Crippen LogP contribution in [0.15, 0.2) is 18.3 Å². The van der Waals surface area contributed by atoms with Crippen molar-refractivity contribution < 1.29 is 14.7 Å². The zero-order chi connectivity index (χ0) is 18.7. The molecule has 2 fully saturated rings. The number of hydrogen-bond acceptors (Lipinski definition) is 4. The predicted octanol–water partition coefficient (Wildman–Crippen LogP) is 2.68. The molecule has 1 atom stereocenters. The van der Waals surface area contributed by atoms with Gasteiger partial charge in [0.2, 0.25) is 5.91 Å². The van der Waals surface area contributed by atoms with Crippen molar-refractivity contribution in [3.8, 4) is 5.75 Å². The summed E-state index contributed by atoms with van der Waals surface area (Å²) in [4.78, 5) is 33.0. The molecule has 0 unspecified atom stereocenters. The maximum Gasteiger partial charge on any atom is 0.276 e. The summed E-state index contributed by atoms with van der Waals surface area (Å²) < 4.78 is 0. The lowest BCUT2D eigenvalue weighted by atomic mass is 9.73. The second-order valence-electron chi connectivity index (χ2n) is 8.20. The van der Waals surface area contributed by atoms with Gasteiger partial charge in [-0.2, -0.15) is 0 Å². The van der Waals surface area contributed by atoms with Crippen molar-refractivity contribution in [2.45, 2.75) is 46.0 Å². The first-order chi connectivity index (χ1) is 12.4. The lowest BCUT2D eigenvalue weighted by Crippen LogP contribution is -2.55. The fourth-order valence-electron chi connectivity index (χ4n) is 4.15. The lowest BCUT2D eigenvalue weighted by Gasteiger charge is -2.48. The van der Waals surface area contributed by atoms with Crippen LogP contribution in [0.1, 0.15) is 56.4 Å². The number of amides is 2. The number of nitrogens with zero attached hydrogens (tertiary/aromatic N) is 3. The van der Waals surface area contributed by atoms with Crippen LogP contribution in [-0.4, -0.2) is 57.9 Å². The third kappa shape index (κ3) is 4.00. The fraction of sp³-hybridized carbons (Fsp3) is 0.650. The van der Waals surface area contributed by atoms with Gasteiger partial charge in [-0.05, 0) is 43.7 Å². The van der Waals surface area contributed by atoms with Crippen LogP contribution < -0.4 is 0 Å². The highest BCUT2D eigenvalue weighted by Crippen LogP contribution is 2.39. The van der Waals surface area contributed by atoms with Crippen LogP contribution in [-0.2, 0) is 4.79 Å². The van der Waals surface area contributed by atoms with Crippen LogP contribution >= 0.6 is 0 Å². The summed E-state index contributed by atoms with van der Waals surface area (Å²) in [6.45, 7) is 7.18. The van der Waals surface area contributed by atoms with E-state index in [0.717, 1.165) is 38.8 Å². The van der Waals surface area contributed by atoms with Crippen LogP contribution in [0.5, 0.6) is 5.75 Å². The van der Waals surface area contributed by atoms with Crippen molar-refractivity contribution in [1.82, 2.24) is 14.8 Å². The molecule has 26 heavy (non-hydrogen) atoms. The molecule has 142 valence electrons. The van der Waals surface area contributed by atoms with E-state index in [-0.39, 0.29) is 28.7 Å². The van der Waals surface area contributed by atoms with Crippen LogP contribution in [0.25, 0.3) is 0 Å². The molecule has 1 aromatic rings. The van der Waals surface area contributed by atoms with E-state index < -0.39 is 0 Å². The molecular weight excluding hydrogens is 330 g/mol. The van der Waals surface area contributed by atoms with Gasteiger partial charge in [0.05, 0.1) is 0 Å². The minimum atomic E-state index is -0.215. The van der Waals surface area contributed by atoms with Crippen LogP contribution in [0.3, 0.4) is 0 Å². The molecular formula is C20H29N3O3. The van der Waals surface area contributed by atoms with Crippen molar-refractivity contribution >= 4 is 11.8 Å². The highest BCUT2D eigenvalue weighted by Gasteiger charge is 2.43. The quantitative estimate of drug-likeness (QED) is 0.897. The smallest absolute Gasteiger partial charge is 0.276 e. The van der Waals surface area contributed by atoms with Gasteiger partial charge in [-0.15, -0.1) is 0 Å². The van der Waals surface area contributed by atoms with Crippen molar-refractivity contribution in [2.24, 2.45) is 11.3 Å². The van der Waals surface area contributed by atoms with Crippen LogP contribution in [0, 0.1) is 11.3 Å². The molecule has 2 aliphatic rings. The largest absolute Gasteiger partial charge is 0.505 e. The summed E-state index contributed by atoms with van der Waals surface area (Å²) >= 11 is 0. The van der Waals surface area contributed by atoms with Gasteiger partial charge >= 0.3 is 0 Å². The van der Waals surface area contributed by atoms with Gasteiger partial charge in [0, 0.05) is 44.2 Å². The normalized spacial score (nSPS) is 23.7. The van der Waals surface area contributed by atoms with Crippen molar-refractivity contribution in [3.05, 3.63) is 24.0 Å². The van der Waals surface area contributed by atoms with Crippen molar-refractivity contribution in [2.75, 3.05) is 26.2 Å². The van der Waals surface area contributed by atoms with E-state index in [0.29, 0.717) is 25.4 Å². The van der Waals surface area contributed by atoms with E-state index >= 15 is 0 Å². The van der Waals surface area contributed by atoms with E-state index in [1.165, 1.54) is 12.3 Å². The monoisotopic (exact) mass is 359 g/mol. The minimum Gasteiger partial charge on any atom is -0.505 e. The molecule has 2 aliphatic heterocycles. The second kappa shape index (κ2) is 7.64. The number of aromatic nitrogens is 1. The highest BCUT2D eigenvalue weighted by atomic mass is 16.3. The van der Waals surface area contributed by atoms with Gasteiger partial charge in [-0.25, -0.2) is 4.98 Å². The summed E-state index contributed by atoms with van der Waals surface area (Å²) in [5.41, 5.74) is 0.0940. The first kappa shape index (κ1) is 18.7. The molecule has 3 heterocycles. The third-order valence-corrected chi connectivity index (χ3v) is 5.66. The zero-order valence-electron chi connectivity index (χ0n) is 15.8. The molecule has 3 rings (SSSR count). The molecule has 2 saturated heterocycles. The number of carbonyl (C=O) groups is 2. The number of likely N-dealkylation sites (tertiary alicyclic amines) is 2. The Hall–Kier alpha value is -2.11. The molecule has 0 bridgehead atoms. The maximum atomic E-state index is 12.8. The highest BCUT2D eigenvalue weighted by molar-refractivity contribution is 5.94. The SMILES string of the molecule is CC(C)CCN1C[C@@]2(CCCN(C(=O)c3ncccc3O)C2)CCC1=O. The Kier molecular flexibility index (Phi) is 5.49. The fourth-order valence-corrected chi connectivity index (χ4v) is 4.15. The third-order valence-electron chi connectivity index (χ3n) is 5.66. The summed E-state index contributed by atoms with van der Waals surface area (Å²) in [5, 5.41) is 9.95. The number of hydrogen-bond donors (Lipinski definition) is 1.